The lowest BCUT2D eigenvalue weighted by atomic mass is 10.2. The van der Waals surface area contributed by atoms with E-state index in [4.69, 9.17) is 4.74 Å². The van der Waals surface area contributed by atoms with Crippen molar-refractivity contribution in [2.24, 2.45) is 5.10 Å². The van der Waals surface area contributed by atoms with Gasteiger partial charge in [0.15, 0.2) is 0 Å². The van der Waals surface area contributed by atoms with Crippen molar-refractivity contribution in [3.05, 3.63) is 99.8 Å². The Labute approximate surface area is 164 Å². The van der Waals surface area contributed by atoms with Gasteiger partial charge in [-0.15, -0.1) is 0 Å². The molecule has 3 rings (SSSR count). The van der Waals surface area contributed by atoms with Crippen LogP contribution in [-0.2, 0) is 6.61 Å². The Hall–Kier alpha value is -2.99. The van der Waals surface area contributed by atoms with Gasteiger partial charge in [-0.05, 0) is 65.7 Å². The van der Waals surface area contributed by atoms with Crippen molar-refractivity contribution in [3.8, 4) is 5.75 Å². The molecule has 6 heteroatoms. The summed E-state index contributed by atoms with van der Waals surface area (Å²) in [5.41, 5.74) is 4.45. The van der Waals surface area contributed by atoms with E-state index in [1.807, 2.05) is 48.5 Å². The van der Waals surface area contributed by atoms with Crippen LogP contribution in [0, 0.1) is 5.82 Å². The maximum atomic E-state index is 13.1. The van der Waals surface area contributed by atoms with Crippen LogP contribution >= 0.6 is 15.9 Å². The lowest BCUT2D eigenvalue weighted by molar-refractivity contribution is 0.0954. The highest BCUT2D eigenvalue weighted by Crippen LogP contribution is 2.15. The summed E-state index contributed by atoms with van der Waals surface area (Å²) in [7, 11) is 0. The molecule has 0 heterocycles. The molecule has 0 saturated carbocycles. The highest BCUT2D eigenvalue weighted by molar-refractivity contribution is 9.10. The smallest absolute Gasteiger partial charge is 0.271 e. The Bertz CT molecular complexity index is 941. The molecular weight excluding hydrogens is 411 g/mol. The van der Waals surface area contributed by atoms with Crippen molar-refractivity contribution in [1.82, 2.24) is 5.43 Å². The molecule has 27 heavy (non-hydrogen) atoms. The van der Waals surface area contributed by atoms with Gasteiger partial charge in [0.05, 0.1) is 6.21 Å². The van der Waals surface area contributed by atoms with E-state index in [1.54, 1.807) is 0 Å². The number of halogens is 2. The van der Waals surface area contributed by atoms with Crippen LogP contribution in [0.2, 0.25) is 0 Å². The van der Waals surface area contributed by atoms with Crippen molar-refractivity contribution >= 4 is 28.1 Å². The average Bonchev–Trinajstić information content (AvgIpc) is 2.68. The van der Waals surface area contributed by atoms with Gasteiger partial charge in [0.2, 0.25) is 0 Å². The molecule has 0 aliphatic carbocycles. The third kappa shape index (κ3) is 5.76. The predicted octanol–water partition coefficient (Wildman–Crippen LogP) is 4.93. The van der Waals surface area contributed by atoms with Crippen LogP contribution in [0.25, 0.3) is 0 Å². The Morgan fingerprint density at radius 1 is 1.07 bits per heavy atom. The van der Waals surface area contributed by atoms with E-state index < -0.39 is 11.7 Å². The van der Waals surface area contributed by atoms with Crippen LogP contribution in [0.4, 0.5) is 4.39 Å². The molecule has 0 aliphatic heterocycles. The fourth-order valence-corrected chi connectivity index (χ4v) is 2.52. The zero-order valence-electron chi connectivity index (χ0n) is 14.2. The molecule has 0 atom stereocenters. The molecule has 0 saturated heterocycles. The molecule has 0 aromatic heterocycles. The van der Waals surface area contributed by atoms with Crippen LogP contribution in [0.1, 0.15) is 21.5 Å². The molecule has 0 unspecified atom stereocenters. The third-order valence-electron chi connectivity index (χ3n) is 3.67. The highest BCUT2D eigenvalue weighted by atomic mass is 79.9. The van der Waals surface area contributed by atoms with Crippen molar-refractivity contribution < 1.29 is 13.9 Å². The predicted molar refractivity (Wildman–Crippen MR) is 106 cm³/mol. The molecule has 0 bridgehead atoms. The van der Waals surface area contributed by atoms with Crippen LogP contribution in [0.3, 0.4) is 0 Å². The SMILES string of the molecule is O=C(N/N=C\c1ccc(OCc2ccc(Br)cc2)cc1)c1cccc(F)c1. The number of benzene rings is 3. The maximum absolute atomic E-state index is 13.1. The Morgan fingerprint density at radius 3 is 2.52 bits per heavy atom. The maximum Gasteiger partial charge on any atom is 0.271 e. The number of amides is 1. The fraction of sp³-hybridized carbons (Fsp3) is 0.0476. The summed E-state index contributed by atoms with van der Waals surface area (Å²) >= 11 is 3.40. The second-order valence-corrected chi connectivity index (χ2v) is 6.61. The van der Waals surface area contributed by atoms with E-state index in [1.165, 1.54) is 24.4 Å². The number of rotatable bonds is 6. The number of ether oxygens (including phenoxy) is 1. The van der Waals surface area contributed by atoms with Crippen LogP contribution in [0.5, 0.6) is 5.75 Å². The lowest BCUT2D eigenvalue weighted by Crippen LogP contribution is -2.17. The van der Waals surface area contributed by atoms with E-state index in [-0.39, 0.29) is 5.56 Å². The zero-order chi connectivity index (χ0) is 19.1. The Balaban J connectivity index is 1.51. The third-order valence-corrected chi connectivity index (χ3v) is 4.19. The van der Waals surface area contributed by atoms with Gasteiger partial charge in [0.1, 0.15) is 18.2 Å². The number of carbonyl (C=O) groups is 1. The second-order valence-electron chi connectivity index (χ2n) is 5.69. The average molecular weight is 427 g/mol. The van der Waals surface area contributed by atoms with E-state index >= 15 is 0 Å². The van der Waals surface area contributed by atoms with Gasteiger partial charge in [0.25, 0.3) is 5.91 Å². The number of hydrogen-bond acceptors (Lipinski definition) is 3. The van der Waals surface area contributed by atoms with Crippen LogP contribution in [-0.4, -0.2) is 12.1 Å². The van der Waals surface area contributed by atoms with Crippen molar-refractivity contribution in [2.45, 2.75) is 6.61 Å². The number of nitrogens with zero attached hydrogens (tertiary/aromatic N) is 1. The minimum atomic E-state index is -0.472. The summed E-state index contributed by atoms with van der Waals surface area (Å²) < 4.78 is 19.9. The van der Waals surface area contributed by atoms with Gasteiger partial charge in [-0.2, -0.15) is 5.10 Å². The Kier molecular flexibility index (Phi) is 6.33. The van der Waals surface area contributed by atoms with E-state index in [0.29, 0.717) is 6.61 Å². The first kappa shape index (κ1) is 18.8. The molecule has 3 aromatic rings. The molecule has 0 aliphatic rings. The molecule has 0 radical (unpaired) electrons. The van der Waals surface area contributed by atoms with E-state index in [0.717, 1.165) is 27.4 Å². The van der Waals surface area contributed by atoms with Gasteiger partial charge in [-0.25, -0.2) is 9.82 Å². The van der Waals surface area contributed by atoms with Gasteiger partial charge in [0, 0.05) is 10.0 Å². The molecule has 3 aromatic carbocycles. The van der Waals surface area contributed by atoms with Gasteiger partial charge < -0.3 is 4.74 Å². The van der Waals surface area contributed by atoms with Gasteiger partial charge in [-0.3, -0.25) is 4.79 Å². The van der Waals surface area contributed by atoms with Crippen LogP contribution in [0.15, 0.2) is 82.4 Å². The number of nitrogens with one attached hydrogen (secondary N) is 1. The van der Waals surface area contributed by atoms with Crippen LogP contribution < -0.4 is 10.2 Å². The zero-order valence-corrected chi connectivity index (χ0v) is 15.8. The standard InChI is InChI=1S/C21H16BrFN2O2/c22-18-8-4-16(5-9-18)14-27-20-10-6-15(7-11-20)13-24-25-21(26)17-2-1-3-19(23)12-17/h1-13H,14H2,(H,25,26)/b24-13-. The fourth-order valence-electron chi connectivity index (χ4n) is 2.26. The molecule has 0 fully saturated rings. The van der Waals surface area contributed by atoms with Gasteiger partial charge >= 0.3 is 0 Å². The number of hydrazone groups is 1. The number of carbonyl (C=O) groups excluding carboxylic acids is 1. The summed E-state index contributed by atoms with van der Waals surface area (Å²) in [6, 6.07) is 20.7. The topological polar surface area (TPSA) is 50.7 Å². The molecular formula is C21H16BrFN2O2. The summed E-state index contributed by atoms with van der Waals surface area (Å²) in [6.07, 6.45) is 1.51. The largest absolute Gasteiger partial charge is 0.489 e. The minimum Gasteiger partial charge on any atom is -0.489 e. The van der Waals surface area contributed by atoms with Crippen molar-refractivity contribution in [3.63, 3.8) is 0 Å². The molecule has 136 valence electrons. The summed E-state index contributed by atoms with van der Waals surface area (Å²) in [4.78, 5) is 11.9. The minimum absolute atomic E-state index is 0.212. The molecule has 0 spiro atoms. The second kappa shape index (κ2) is 9.09. The van der Waals surface area contributed by atoms with E-state index in [2.05, 4.69) is 26.5 Å². The monoisotopic (exact) mass is 426 g/mol. The first-order valence-corrected chi connectivity index (χ1v) is 8.96. The van der Waals surface area contributed by atoms with E-state index in [9.17, 15) is 9.18 Å². The highest BCUT2D eigenvalue weighted by Gasteiger charge is 2.04. The Morgan fingerprint density at radius 2 is 1.81 bits per heavy atom. The molecule has 1 amide bonds. The molecule has 4 nitrogen and oxygen atoms in total. The van der Waals surface area contributed by atoms with Crippen molar-refractivity contribution in [2.75, 3.05) is 0 Å². The first-order chi connectivity index (χ1) is 13.1. The normalized spacial score (nSPS) is 10.7. The van der Waals surface area contributed by atoms with Crippen molar-refractivity contribution in [1.29, 1.82) is 0 Å². The number of hydrogen-bond donors (Lipinski definition) is 1. The summed E-state index contributed by atoms with van der Waals surface area (Å²) in [5.74, 6) is -0.204. The van der Waals surface area contributed by atoms with Gasteiger partial charge in [-0.1, -0.05) is 34.1 Å². The quantitative estimate of drug-likeness (QED) is 0.448. The lowest BCUT2D eigenvalue weighted by Gasteiger charge is -2.06. The summed E-state index contributed by atoms with van der Waals surface area (Å²) in [5, 5.41) is 3.89. The molecule has 1 N–H and O–H groups in total. The first-order valence-electron chi connectivity index (χ1n) is 8.16. The summed E-state index contributed by atoms with van der Waals surface area (Å²) in [6.45, 7) is 0.477.